The van der Waals surface area contributed by atoms with Gasteiger partial charge in [-0.1, -0.05) is 0 Å². The standard InChI is InChI=1S/C15H18N2O4/c1-17(2)14(18)4-6-16-15(19)10-8-12(20-3)11-5-7-21-13(11)9-10/h5,7-9H,4,6H2,1-3H3,(H,16,19). The van der Waals surface area contributed by atoms with Crippen LogP contribution in [0.3, 0.4) is 0 Å². The Labute approximate surface area is 122 Å². The molecule has 0 atom stereocenters. The Kier molecular flexibility index (Phi) is 4.47. The second kappa shape index (κ2) is 6.30. The summed E-state index contributed by atoms with van der Waals surface area (Å²) in [5.41, 5.74) is 1.02. The molecular formula is C15H18N2O4. The normalized spacial score (nSPS) is 10.4. The maximum absolute atomic E-state index is 12.1. The van der Waals surface area contributed by atoms with E-state index in [-0.39, 0.29) is 24.8 Å². The summed E-state index contributed by atoms with van der Waals surface area (Å²) in [5.74, 6) is 0.281. The van der Waals surface area contributed by atoms with Gasteiger partial charge in [-0.2, -0.15) is 0 Å². The van der Waals surface area contributed by atoms with Crippen LogP contribution in [-0.4, -0.2) is 44.5 Å². The lowest BCUT2D eigenvalue weighted by atomic mass is 10.1. The summed E-state index contributed by atoms with van der Waals surface area (Å²) in [4.78, 5) is 25.0. The van der Waals surface area contributed by atoms with Crippen LogP contribution in [0.2, 0.25) is 0 Å². The zero-order chi connectivity index (χ0) is 15.4. The van der Waals surface area contributed by atoms with Gasteiger partial charge in [-0.25, -0.2) is 0 Å². The van der Waals surface area contributed by atoms with Gasteiger partial charge in [0, 0.05) is 32.6 Å². The Bertz CT molecular complexity index is 661. The molecule has 6 heteroatoms. The molecule has 1 aromatic heterocycles. The molecule has 6 nitrogen and oxygen atoms in total. The van der Waals surface area contributed by atoms with Gasteiger partial charge in [0.25, 0.3) is 5.91 Å². The van der Waals surface area contributed by atoms with Crippen LogP contribution in [-0.2, 0) is 4.79 Å². The minimum absolute atomic E-state index is 0.0330. The maximum Gasteiger partial charge on any atom is 0.251 e. The van der Waals surface area contributed by atoms with Crippen LogP contribution in [0.5, 0.6) is 5.75 Å². The minimum Gasteiger partial charge on any atom is -0.496 e. The highest BCUT2D eigenvalue weighted by Gasteiger charge is 2.13. The number of carbonyl (C=O) groups is 2. The lowest BCUT2D eigenvalue weighted by molar-refractivity contribution is -0.128. The summed E-state index contributed by atoms with van der Waals surface area (Å²) in [5, 5.41) is 3.53. The van der Waals surface area contributed by atoms with Gasteiger partial charge >= 0.3 is 0 Å². The van der Waals surface area contributed by atoms with Gasteiger partial charge in [-0.05, 0) is 18.2 Å². The highest BCUT2D eigenvalue weighted by atomic mass is 16.5. The molecular weight excluding hydrogens is 272 g/mol. The van der Waals surface area contributed by atoms with Crippen molar-refractivity contribution in [2.75, 3.05) is 27.7 Å². The molecule has 112 valence electrons. The van der Waals surface area contributed by atoms with E-state index in [1.807, 2.05) is 0 Å². The molecule has 0 aliphatic carbocycles. The summed E-state index contributed by atoms with van der Waals surface area (Å²) >= 11 is 0. The van der Waals surface area contributed by atoms with Crippen LogP contribution in [0, 0.1) is 0 Å². The first-order valence-electron chi connectivity index (χ1n) is 6.56. The van der Waals surface area contributed by atoms with Gasteiger partial charge in [-0.15, -0.1) is 0 Å². The average Bonchev–Trinajstić information content (AvgIpc) is 2.93. The zero-order valence-electron chi connectivity index (χ0n) is 12.3. The van der Waals surface area contributed by atoms with Gasteiger partial charge in [0.2, 0.25) is 5.91 Å². The second-order valence-electron chi connectivity index (χ2n) is 4.80. The lowest BCUT2D eigenvalue weighted by Gasteiger charge is -2.11. The summed E-state index contributed by atoms with van der Waals surface area (Å²) < 4.78 is 10.6. The summed E-state index contributed by atoms with van der Waals surface area (Å²) in [6, 6.07) is 5.09. The first-order valence-corrected chi connectivity index (χ1v) is 6.56. The quantitative estimate of drug-likeness (QED) is 0.909. The van der Waals surface area contributed by atoms with E-state index < -0.39 is 0 Å². The molecule has 0 aliphatic rings. The van der Waals surface area contributed by atoms with Crippen LogP contribution in [0.4, 0.5) is 0 Å². The average molecular weight is 290 g/mol. The zero-order valence-corrected chi connectivity index (χ0v) is 12.3. The number of furan rings is 1. The molecule has 0 aliphatic heterocycles. The molecule has 0 bridgehead atoms. The molecule has 0 spiro atoms. The van der Waals surface area contributed by atoms with Crippen LogP contribution >= 0.6 is 0 Å². The Morgan fingerprint density at radius 1 is 1.33 bits per heavy atom. The number of amides is 2. The number of benzene rings is 1. The summed E-state index contributed by atoms with van der Waals surface area (Å²) in [6.45, 7) is 0.286. The van der Waals surface area contributed by atoms with E-state index in [1.165, 1.54) is 4.90 Å². The predicted molar refractivity (Wildman–Crippen MR) is 78.4 cm³/mol. The predicted octanol–water partition coefficient (Wildman–Crippen LogP) is 1.65. The molecule has 2 amide bonds. The molecule has 1 heterocycles. The van der Waals surface area contributed by atoms with E-state index in [1.54, 1.807) is 45.7 Å². The van der Waals surface area contributed by atoms with Crippen LogP contribution in [0.15, 0.2) is 28.9 Å². The van der Waals surface area contributed by atoms with E-state index >= 15 is 0 Å². The molecule has 21 heavy (non-hydrogen) atoms. The third-order valence-corrected chi connectivity index (χ3v) is 3.14. The highest BCUT2D eigenvalue weighted by Crippen LogP contribution is 2.28. The molecule has 0 radical (unpaired) electrons. The second-order valence-corrected chi connectivity index (χ2v) is 4.80. The van der Waals surface area contributed by atoms with Gasteiger partial charge in [0.1, 0.15) is 11.3 Å². The molecule has 0 fully saturated rings. The van der Waals surface area contributed by atoms with E-state index in [9.17, 15) is 9.59 Å². The van der Waals surface area contributed by atoms with E-state index in [0.29, 0.717) is 16.9 Å². The number of hydrogen-bond donors (Lipinski definition) is 1. The maximum atomic E-state index is 12.1. The highest BCUT2D eigenvalue weighted by molar-refractivity contribution is 5.99. The number of carbonyl (C=O) groups excluding carboxylic acids is 2. The van der Waals surface area contributed by atoms with Crippen LogP contribution < -0.4 is 10.1 Å². The van der Waals surface area contributed by atoms with Crippen molar-refractivity contribution in [1.82, 2.24) is 10.2 Å². The molecule has 1 aromatic carbocycles. The van der Waals surface area contributed by atoms with Crippen molar-refractivity contribution in [1.29, 1.82) is 0 Å². The Morgan fingerprint density at radius 3 is 2.76 bits per heavy atom. The molecule has 2 rings (SSSR count). The van der Waals surface area contributed by atoms with Crippen molar-refractivity contribution in [3.63, 3.8) is 0 Å². The minimum atomic E-state index is -0.266. The van der Waals surface area contributed by atoms with Gasteiger partial charge in [0.05, 0.1) is 18.8 Å². The lowest BCUT2D eigenvalue weighted by Crippen LogP contribution is -2.30. The first kappa shape index (κ1) is 14.9. The van der Waals surface area contributed by atoms with Gasteiger partial charge in [0.15, 0.2) is 0 Å². The van der Waals surface area contributed by atoms with E-state index in [4.69, 9.17) is 9.15 Å². The number of rotatable bonds is 5. The van der Waals surface area contributed by atoms with Gasteiger partial charge < -0.3 is 19.4 Å². The number of methoxy groups -OCH3 is 1. The van der Waals surface area contributed by atoms with Crippen molar-refractivity contribution >= 4 is 22.8 Å². The Balaban J connectivity index is 2.07. The molecule has 0 saturated carbocycles. The van der Waals surface area contributed by atoms with E-state index in [0.717, 1.165) is 5.39 Å². The fourth-order valence-electron chi connectivity index (χ4n) is 1.95. The number of nitrogens with one attached hydrogen (secondary N) is 1. The van der Waals surface area contributed by atoms with Crippen molar-refractivity contribution in [3.8, 4) is 5.75 Å². The molecule has 2 aromatic rings. The third-order valence-electron chi connectivity index (χ3n) is 3.14. The molecule has 1 N–H and O–H groups in total. The Morgan fingerprint density at radius 2 is 2.10 bits per heavy atom. The summed E-state index contributed by atoms with van der Waals surface area (Å²) in [6.07, 6.45) is 1.81. The third kappa shape index (κ3) is 3.34. The molecule has 0 unspecified atom stereocenters. The Hall–Kier alpha value is -2.50. The van der Waals surface area contributed by atoms with Gasteiger partial charge in [-0.3, -0.25) is 9.59 Å². The van der Waals surface area contributed by atoms with Crippen LogP contribution in [0.25, 0.3) is 11.0 Å². The number of ether oxygens (including phenoxy) is 1. The monoisotopic (exact) mass is 290 g/mol. The van der Waals surface area contributed by atoms with Crippen molar-refractivity contribution in [3.05, 3.63) is 30.0 Å². The van der Waals surface area contributed by atoms with Crippen molar-refractivity contribution in [2.45, 2.75) is 6.42 Å². The summed E-state index contributed by atoms with van der Waals surface area (Å²) in [7, 11) is 4.90. The van der Waals surface area contributed by atoms with Crippen molar-refractivity contribution in [2.24, 2.45) is 0 Å². The smallest absolute Gasteiger partial charge is 0.251 e. The first-order chi connectivity index (χ1) is 10.0. The molecule has 0 saturated heterocycles. The fourth-order valence-corrected chi connectivity index (χ4v) is 1.95. The number of hydrogen-bond acceptors (Lipinski definition) is 4. The fraction of sp³-hybridized carbons (Fsp3) is 0.333. The van der Waals surface area contributed by atoms with Crippen molar-refractivity contribution < 1.29 is 18.7 Å². The largest absolute Gasteiger partial charge is 0.496 e. The van der Waals surface area contributed by atoms with Crippen LogP contribution in [0.1, 0.15) is 16.8 Å². The SMILES string of the molecule is COc1cc(C(=O)NCCC(=O)N(C)C)cc2occc12. The topological polar surface area (TPSA) is 71.8 Å². The van der Waals surface area contributed by atoms with E-state index in [2.05, 4.69) is 5.32 Å². The number of nitrogens with zero attached hydrogens (tertiary/aromatic N) is 1. The number of fused-ring (bicyclic) bond motifs is 1.